The number of rotatable bonds is 7. The van der Waals surface area contributed by atoms with Gasteiger partial charge in [-0.05, 0) is 26.9 Å². The number of anilines is 1. The van der Waals surface area contributed by atoms with Gasteiger partial charge in [-0.3, -0.25) is 0 Å². The summed E-state index contributed by atoms with van der Waals surface area (Å²) in [6.07, 6.45) is 3.20. The highest BCUT2D eigenvalue weighted by molar-refractivity contribution is 5.47. The maximum Gasteiger partial charge on any atom is 0.221 e. The van der Waals surface area contributed by atoms with E-state index in [2.05, 4.69) is 20.3 Å². The Labute approximate surface area is 102 Å². The van der Waals surface area contributed by atoms with Crippen molar-refractivity contribution in [3.05, 3.63) is 11.9 Å². The lowest BCUT2D eigenvalue weighted by Gasteiger charge is -2.13. The van der Waals surface area contributed by atoms with Crippen molar-refractivity contribution in [1.29, 1.82) is 0 Å². The standard InChI is InChI=1S/C11H21N5O/c1-4-9-10(15-12)13-8-14-11(9)17-7-5-6-16(2)3/h8H,4-7,12H2,1-3H3,(H,13,14,15). The second-order valence-electron chi connectivity index (χ2n) is 4.01. The monoisotopic (exact) mass is 239 g/mol. The largest absolute Gasteiger partial charge is 0.477 e. The fourth-order valence-electron chi connectivity index (χ4n) is 1.51. The van der Waals surface area contributed by atoms with Crippen LogP contribution in [0.3, 0.4) is 0 Å². The highest BCUT2D eigenvalue weighted by Gasteiger charge is 2.09. The van der Waals surface area contributed by atoms with Crippen LogP contribution in [0.25, 0.3) is 0 Å². The average molecular weight is 239 g/mol. The molecule has 0 aliphatic carbocycles. The van der Waals surface area contributed by atoms with Gasteiger partial charge in [-0.15, -0.1) is 0 Å². The number of aromatic nitrogens is 2. The Morgan fingerprint density at radius 1 is 1.41 bits per heavy atom. The van der Waals surface area contributed by atoms with Gasteiger partial charge in [0.15, 0.2) is 0 Å². The van der Waals surface area contributed by atoms with Gasteiger partial charge in [-0.1, -0.05) is 6.92 Å². The number of hydrogen-bond donors (Lipinski definition) is 2. The molecule has 0 spiro atoms. The highest BCUT2D eigenvalue weighted by atomic mass is 16.5. The second-order valence-corrected chi connectivity index (χ2v) is 4.01. The van der Waals surface area contributed by atoms with Crippen molar-refractivity contribution in [2.75, 3.05) is 32.7 Å². The SMILES string of the molecule is CCc1c(NN)ncnc1OCCCN(C)C. The lowest BCUT2D eigenvalue weighted by atomic mass is 10.2. The topological polar surface area (TPSA) is 76.3 Å². The normalized spacial score (nSPS) is 10.6. The fraction of sp³-hybridized carbons (Fsp3) is 0.636. The van der Waals surface area contributed by atoms with Gasteiger partial charge in [0.05, 0.1) is 12.2 Å². The number of hydrazine groups is 1. The number of ether oxygens (including phenoxy) is 1. The van der Waals surface area contributed by atoms with Gasteiger partial charge in [-0.25, -0.2) is 15.8 Å². The van der Waals surface area contributed by atoms with Crippen LogP contribution < -0.4 is 16.0 Å². The quantitative estimate of drug-likeness (QED) is 0.413. The minimum Gasteiger partial charge on any atom is -0.477 e. The van der Waals surface area contributed by atoms with E-state index in [-0.39, 0.29) is 0 Å². The third kappa shape index (κ3) is 4.16. The molecule has 1 aromatic rings. The smallest absolute Gasteiger partial charge is 0.221 e. The predicted octanol–water partition coefficient (Wildman–Crippen LogP) is 0.655. The Kier molecular flexibility index (Phi) is 5.65. The lowest BCUT2D eigenvalue weighted by Crippen LogP contribution is -2.17. The van der Waals surface area contributed by atoms with E-state index >= 15 is 0 Å². The minimum absolute atomic E-state index is 0.620. The Hall–Kier alpha value is -1.40. The van der Waals surface area contributed by atoms with Crippen LogP contribution in [0.1, 0.15) is 18.9 Å². The minimum atomic E-state index is 0.620. The van der Waals surface area contributed by atoms with Crippen LogP contribution in [0.2, 0.25) is 0 Å². The summed E-state index contributed by atoms with van der Waals surface area (Å²) in [5.41, 5.74) is 3.47. The summed E-state index contributed by atoms with van der Waals surface area (Å²) in [6, 6.07) is 0. The molecule has 0 amide bonds. The first kappa shape index (κ1) is 13.7. The summed E-state index contributed by atoms with van der Waals surface area (Å²) in [7, 11) is 4.08. The van der Waals surface area contributed by atoms with Crippen LogP contribution in [0.5, 0.6) is 5.88 Å². The molecule has 0 aliphatic rings. The van der Waals surface area contributed by atoms with Gasteiger partial charge in [0.25, 0.3) is 0 Å². The molecule has 0 saturated heterocycles. The van der Waals surface area contributed by atoms with Crippen LogP contribution in [-0.2, 0) is 6.42 Å². The third-order valence-electron chi connectivity index (χ3n) is 2.38. The van der Waals surface area contributed by atoms with Gasteiger partial charge < -0.3 is 15.1 Å². The van der Waals surface area contributed by atoms with Gasteiger partial charge in [0, 0.05) is 6.54 Å². The van der Waals surface area contributed by atoms with E-state index in [4.69, 9.17) is 10.6 Å². The van der Waals surface area contributed by atoms with Crippen LogP contribution in [0.15, 0.2) is 6.33 Å². The van der Waals surface area contributed by atoms with Crippen molar-refractivity contribution in [3.8, 4) is 5.88 Å². The molecule has 1 rings (SSSR count). The molecule has 1 aromatic heterocycles. The molecule has 96 valence electrons. The van der Waals surface area contributed by atoms with Gasteiger partial charge in [0.1, 0.15) is 12.1 Å². The van der Waals surface area contributed by atoms with Gasteiger partial charge in [-0.2, -0.15) is 0 Å². The molecule has 0 fully saturated rings. The van der Waals surface area contributed by atoms with E-state index in [0.29, 0.717) is 18.3 Å². The number of nitrogen functional groups attached to an aromatic ring is 1. The number of nitrogens with one attached hydrogen (secondary N) is 1. The molecule has 1 heterocycles. The Bertz CT molecular complexity index is 343. The molecular weight excluding hydrogens is 218 g/mol. The molecule has 0 unspecified atom stereocenters. The molecule has 0 aromatic carbocycles. The molecule has 0 atom stereocenters. The van der Waals surface area contributed by atoms with E-state index in [1.807, 2.05) is 21.0 Å². The molecule has 0 radical (unpaired) electrons. The van der Waals surface area contributed by atoms with Crippen LogP contribution in [0, 0.1) is 0 Å². The van der Waals surface area contributed by atoms with Crippen molar-refractivity contribution in [3.63, 3.8) is 0 Å². The summed E-state index contributed by atoms with van der Waals surface area (Å²) < 4.78 is 5.65. The number of nitrogens with two attached hydrogens (primary N) is 1. The van der Waals surface area contributed by atoms with E-state index in [9.17, 15) is 0 Å². The summed E-state index contributed by atoms with van der Waals surface area (Å²) in [4.78, 5) is 10.3. The zero-order valence-electron chi connectivity index (χ0n) is 10.7. The molecule has 0 bridgehead atoms. The molecule has 17 heavy (non-hydrogen) atoms. The van der Waals surface area contributed by atoms with Crippen molar-refractivity contribution in [2.45, 2.75) is 19.8 Å². The van der Waals surface area contributed by atoms with E-state index in [1.54, 1.807) is 0 Å². The highest BCUT2D eigenvalue weighted by Crippen LogP contribution is 2.21. The van der Waals surface area contributed by atoms with Crippen molar-refractivity contribution in [1.82, 2.24) is 14.9 Å². The van der Waals surface area contributed by atoms with E-state index < -0.39 is 0 Å². The second kappa shape index (κ2) is 7.03. The summed E-state index contributed by atoms with van der Waals surface area (Å²) in [5.74, 6) is 6.64. The predicted molar refractivity (Wildman–Crippen MR) is 67.9 cm³/mol. The zero-order chi connectivity index (χ0) is 12.7. The molecule has 3 N–H and O–H groups in total. The maximum atomic E-state index is 5.65. The van der Waals surface area contributed by atoms with Crippen LogP contribution >= 0.6 is 0 Å². The first-order valence-electron chi connectivity index (χ1n) is 5.77. The maximum absolute atomic E-state index is 5.65. The van der Waals surface area contributed by atoms with E-state index in [1.165, 1.54) is 6.33 Å². The van der Waals surface area contributed by atoms with E-state index in [0.717, 1.165) is 24.9 Å². The Morgan fingerprint density at radius 3 is 2.76 bits per heavy atom. The first-order chi connectivity index (χ1) is 8.19. The fourth-order valence-corrected chi connectivity index (χ4v) is 1.51. The Balaban J connectivity index is 2.58. The lowest BCUT2D eigenvalue weighted by molar-refractivity contribution is 0.270. The summed E-state index contributed by atoms with van der Waals surface area (Å²) in [6.45, 7) is 3.66. The molecule has 0 aliphatic heterocycles. The van der Waals surface area contributed by atoms with Crippen LogP contribution in [-0.4, -0.2) is 42.1 Å². The van der Waals surface area contributed by atoms with Crippen LogP contribution in [0.4, 0.5) is 5.82 Å². The Morgan fingerprint density at radius 2 is 2.18 bits per heavy atom. The number of hydrogen-bond acceptors (Lipinski definition) is 6. The summed E-state index contributed by atoms with van der Waals surface area (Å²) in [5, 5.41) is 0. The average Bonchev–Trinajstić information content (AvgIpc) is 2.33. The van der Waals surface area contributed by atoms with Crippen molar-refractivity contribution >= 4 is 5.82 Å². The molecular formula is C11H21N5O. The van der Waals surface area contributed by atoms with Crippen molar-refractivity contribution in [2.24, 2.45) is 5.84 Å². The summed E-state index contributed by atoms with van der Waals surface area (Å²) >= 11 is 0. The molecule has 6 nitrogen and oxygen atoms in total. The zero-order valence-corrected chi connectivity index (χ0v) is 10.7. The van der Waals surface area contributed by atoms with Gasteiger partial charge >= 0.3 is 0 Å². The molecule has 6 heteroatoms. The molecule has 0 saturated carbocycles. The van der Waals surface area contributed by atoms with Gasteiger partial charge in [0.2, 0.25) is 5.88 Å². The van der Waals surface area contributed by atoms with Crippen molar-refractivity contribution < 1.29 is 4.74 Å². The third-order valence-corrected chi connectivity index (χ3v) is 2.38. The first-order valence-corrected chi connectivity index (χ1v) is 5.77. The number of nitrogens with zero attached hydrogens (tertiary/aromatic N) is 3.